The van der Waals surface area contributed by atoms with Crippen LogP contribution in [0.2, 0.25) is 0 Å². The average Bonchev–Trinajstić information content (AvgIpc) is 3.10. The largest absolute Gasteiger partial charge is 0.493 e. The number of hydrogen-bond acceptors (Lipinski definition) is 6. The first-order valence-electron chi connectivity index (χ1n) is 7.51. The van der Waals surface area contributed by atoms with Gasteiger partial charge in [0, 0.05) is 29.5 Å². The van der Waals surface area contributed by atoms with Gasteiger partial charge in [0.05, 0.1) is 29.8 Å². The lowest BCUT2D eigenvalue weighted by Gasteiger charge is -2.08. The maximum atomic E-state index is 10.7. The van der Waals surface area contributed by atoms with Crippen molar-refractivity contribution in [3.05, 3.63) is 68.5 Å². The van der Waals surface area contributed by atoms with Crippen LogP contribution in [-0.2, 0) is 6.42 Å². The molecular formula is C18H16N2O4S. The zero-order valence-electron chi connectivity index (χ0n) is 13.8. The van der Waals surface area contributed by atoms with Gasteiger partial charge in [-0.15, -0.1) is 11.3 Å². The SMILES string of the molecule is COc1ccc(Cc2nc(-c3ccc([N+](=O)[O-])cc3)cs2)cc1OC. The monoisotopic (exact) mass is 356 g/mol. The first kappa shape index (κ1) is 16.9. The molecule has 1 heterocycles. The van der Waals surface area contributed by atoms with E-state index >= 15 is 0 Å². The molecular weight excluding hydrogens is 340 g/mol. The summed E-state index contributed by atoms with van der Waals surface area (Å²) < 4.78 is 10.6. The maximum absolute atomic E-state index is 10.7. The number of benzene rings is 2. The van der Waals surface area contributed by atoms with Gasteiger partial charge in [0.15, 0.2) is 11.5 Å². The normalized spacial score (nSPS) is 10.5. The number of methoxy groups -OCH3 is 2. The number of non-ortho nitro benzene ring substituents is 1. The highest BCUT2D eigenvalue weighted by Crippen LogP contribution is 2.30. The molecule has 0 radical (unpaired) electrons. The number of thiazole rings is 1. The molecule has 0 spiro atoms. The number of rotatable bonds is 6. The molecule has 0 saturated carbocycles. The van der Waals surface area contributed by atoms with E-state index in [0.717, 1.165) is 21.8 Å². The second kappa shape index (κ2) is 7.31. The molecule has 0 atom stereocenters. The van der Waals surface area contributed by atoms with E-state index in [-0.39, 0.29) is 5.69 Å². The van der Waals surface area contributed by atoms with Gasteiger partial charge in [-0.05, 0) is 29.8 Å². The summed E-state index contributed by atoms with van der Waals surface area (Å²) in [7, 11) is 3.21. The molecule has 0 aliphatic rings. The van der Waals surface area contributed by atoms with Gasteiger partial charge in [0.25, 0.3) is 5.69 Å². The van der Waals surface area contributed by atoms with Gasteiger partial charge < -0.3 is 9.47 Å². The fourth-order valence-corrected chi connectivity index (χ4v) is 3.28. The van der Waals surface area contributed by atoms with Crippen molar-refractivity contribution in [3.8, 4) is 22.8 Å². The Labute approximate surface area is 148 Å². The van der Waals surface area contributed by atoms with E-state index in [9.17, 15) is 10.1 Å². The summed E-state index contributed by atoms with van der Waals surface area (Å²) in [6.45, 7) is 0. The molecule has 2 aromatic carbocycles. The second-order valence-electron chi connectivity index (χ2n) is 5.30. The van der Waals surface area contributed by atoms with Crippen LogP contribution in [-0.4, -0.2) is 24.1 Å². The summed E-state index contributed by atoms with van der Waals surface area (Å²) in [6.07, 6.45) is 0.679. The molecule has 0 aliphatic carbocycles. The third kappa shape index (κ3) is 3.77. The van der Waals surface area contributed by atoms with Crippen LogP contribution in [0.25, 0.3) is 11.3 Å². The van der Waals surface area contributed by atoms with E-state index in [1.807, 2.05) is 23.6 Å². The highest BCUT2D eigenvalue weighted by Gasteiger charge is 2.10. The van der Waals surface area contributed by atoms with Crippen LogP contribution in [0.3, 0.4) is 0 Å². The Kier molecular flexibility index (Phi) is 4.95. The third-order valence-electron chi connectivity index (χ3n) is 3.73. The van der Waals surface area contributed by atoms with Crippen LogP contribution < -0.4 is 9.47 Å². The predicted octanol–water partition coefficient (Wildman–Crippen LogP) is 4.33. The molecule has 128 valence electrons. The lowest BCUT2D eigenvalue weighted by atomic mass is 10.1. The number of nitro groups is 1. The first-order chi connectivity index (χ1) is 12.1. The predicted molar refractivity (Wildman–Crippen MR) is 96.6 cm³/mol. The Morgan fingerprint density at radius 1 is 1.08 bits per heavy atom. The standard InChI is InChI=1S/C18H16N2O4S/c1-23-16-8-3-12(9-17(16)24-2)10-18-19-15(11-25-18)13-4-6-14(7-5-13)20(21)22/h3-9,11H,10H2,1-2H3. The van der Waals surface area contributed by atoms with Crippen molar-refractivity contribution in [2.45, 2.75) is 6.42 Å². The minimum atomic E-state index is -0.409. The van der Waals surface area contributed by atoms with E-state index < -0.39 is 4.92 Å². The molecule has 7 heteroatoms. The number of nitrogens with zero attached hydrogens (tertiary/aromatic N) is 2. The minimum Gasteiger partial charge on any atom is -0.493 e. The number of nitro benzene ring substituents is 1. The highest BCUT2D eigenvalue weighted by molar-refractivity contribution is 7.10. The van der Waals surface area contributed by atoms with Gasteiger partial charge in [0.2, 0.25) is 0 Å². The molecule has 0 unspecified atom stereocenters. The highest BCUT2D eigenvalue weighted by atomic mass is 32.1. The summed E-state index contributed by atoms with van der Waals surface area (Å²) in [5, 5.41) is 13.6. The Balaban J connectivity index is 1.78. The molecule has 3 rings (SSSR count). The van der Waals surface area contributed by atoms with Gasteiger partial charge in [-0.2, -0.15) is 0 Å². The molecule has 6 nitrogen and oxygen atoms in total. The Bertz CT molecular complexity index is 890. The summed E-state index contributed by atoms with van der Waals surface area (Å²) in [5.41, 5.74) is 2.82. The van der Waals surface area contributed by atoms with E-state index in [2.05, 4.69) is 4.98 Å². The summed E-state index contributed by atoms with van der Waals surface area (Å²) >= 11 is 1.56. The molecule has 0 N–H and O–H groups in total. The fourth-order valence-electron chi connectivity index (χ4n) is 2.44. The van der Waals surface area contributed by atoms with Crippen LogP contribution in [0.4, 0.5) is 5.69 Å². The third-order valence-corrected chi connectivity index (χ3v) is 4.58. The van der Waals surface area contributed by atoms with Crippen molar-refractivity contribution >= 4 is 17.0 Å². The molecule has 25 heavy (non-hydrogen) atoms. The molecule has 1 aromatic heterocycles. The van der Waals surface area contributed by atoms with Crippen LogP contribution in [0, 0.1) is 10.1 Å². The lowest BCUT2D eigenvalue weighted by Crippen LogP contribution is -1.93. The average molecular weight is 356 g/mol. The van der Waals surface area contributed by atoms with Crippen molar-refractivity contribution in [1.29, 1.82) is 0 Å². The van der Waals surface area contributed by atoms with Crippen molar-refractivity contribution in [1.82, 2.24) is 4.98 Å². The molecule has 3 aromatic rings. The summed E-state index contributed by atoms with van der Waals surface area (Å²) in [5.74, 6) is 1.38. The lowest BCUT2D eigenvalue weighted by molar-refractivity contribution is -0.384. The topological polar surface area (TPSA) is 74.5 Å². The molecule has 0 fully saturated rings. The van der Waals surface area contributed by atoms with Gasteiger partial charge in [-0.3, -0.25) is 10.1 Å². The van der Waals surface area contributed by atoms with E-state index in [1.54, 1.807) is 37.7 Å². The minimum absolute atomic E-state index is 0.0736. The van der Waals surface area contributed by atoms with Gasteiger partial charge in [-0.25, -0.2) is 4.98 Å². The Morgan fingerprint density at radius 2 is 1.80 bits per heavy atom. The van der Waals surface area contributed by atoms with Gasteiger partial charge >= 0.3 is 0 Å². The van der Waals surface area contributed by atoms with Crippen molar-refractivity contribution in [3.63, 3.8) is 0 Å². The van der Waals surface area contributed by atoms with Crippen molar-refractivity contribution < 1.29 is 14.4 Å². The molecule has 0 saturated heterocycles. The fraction of sp³-hybridized carbons (Fsp3) is 0.167. The quantitative estimate of drug-likeness (QED) is 0.485. The summed E-state index contributed by atoms with van der Waals surface area (Å²) in [4.78, 5) is 14.9. The van der Waals surface area contributed by atoms with E-state index in [1.165, 1.54) is 12.1 Å². The van der Waals surface area contributed by atoms with Crippen molar-refractivity contribution in [2.75, 3.05) is 14.2 Å². The van der Waals surface area contributed by atoms with Crippen LogP contribution in [0.15, 0.2) is 47.8 Å². The first-order valence-corrected chi connectivity index (χ1v) is 8.39. The van der Waals surface area contributed by atoms with Gasteiger partial charge in [0.1, 0.15) is 0 Å². The van der Waals surface area contributed by atoms with Crippen molar-refractivity contribution in [2.24, 2.45) is 0 Å². The van der Waals surface area contributed by atoms with Gasteiger partial charge in [-0.1, -0.05) is 6.07 Å². The number of aromatic nitrogens is 1. The summed E-state index contributed by atoms with van der Waals surface area (Å²) in [6, 6.07) is 12.2. The van der Waals surface area contributed by atoms with Crippen LogP contribution >= 0.6 is 11.3 Å². The van der Waals surface area contributed by atoms with E-state index in [4.69, 9.17) is 9.47 Å². The molecule has 0 aliphatic heterocycles. The maximum Gasteiger partial charge on any atom is 0.269 e. The zero-order chi connectivity index (χ0) is 17.8. The van der Waals surface area contributed by atoms with Crippen LogP contribution in [0.5, 0.6) is 11.5 Å². The molecule has 0 amide bonds. The Hall–Kier alpha value is -2.93. The Morgan fingerprint density at radius 3 is 2.44 bits per heavy atom. The van der Waals surface area contributed by atoms with Crippen LogP contribution in [0.1, 0.15) is 10.6 Å². The number of hydrogen-bond donors (Lipinski definition) is 0. The second-order valence-corrected chi connectivity index (χ2v) is 6.24. The molecule has 0 bridgehead atoms. The van der Waals surface area contributed by atoms with E-state index in [0.29, 0.717) is 17.9 Å². The smallest absolute Gasteiger partial charge is 0.269 e. The zero-order valence-corrected chi connectivity index (χ0v) is 14.6. The number of ether oxygens (including phenoxy) is 2.